The van der Waals surface area contributed by atoms with E-state index >= 15 is 0 Å². The van der Waals surface area contributed by atoms with Crippen molar-refractivity contribution in [3.63, 3.8) is 0 Å². The SMILES string of the molecule is CCOP(=O)(OCC)[C@]1(NS(=O)(=O)c2ccccc2)C=C(Cl)C(=O)c2ccccc21. The smallest absolute Gasteiger partial charge is 0.307 e. The van der Waals surface area contributed by atoms with Gasteiger partial charge in [-0.1, -0.05) is 54.1 Å². The van der Waals surface area contributed by atoms with E-state index in [1.807, 2.05) is 0 Å². The van der Waals surface area contributed by atoms with E-state index in [0.717, 1.165) is 6.08 Å². The lowest BCUT2D eigenvalue weighted by molar-refractivity contribution is 0.103. The lowest BCUT2D eigenvalue weighted by atomic mass is 9.92. The molecule has 0 aromatic heterocycles. The number of ketones is 1. The van der Waals surface area contributed by atoms with Crippen molar-refractivity contribution < 1.29 is 26.8 Å². The predicted octanol–water partition coefficient (Wildman–Crippen LogP) is 4.40. The monoisotopic (exact) mass is 469 g/mol. The number of allylic oxidation sites excluding steroid dienone is 1. The molecule has 2 aromatic carbocycles. The van der Waals surface area contributed by atoms with E-state index in [9.17, 15) is 17.8 Å². The van der Waals surface area contributed by atoms with Gasteiger partial charge in [-0.05, 0) is 32.1 Å². The fraction of sp³-hybridized carbons (Fsp3) is 0.250. The second kappa shape index (κ2) is 8.75. The van der Waals surface area contributed by atoms with Gasteiger partial charge in [0.15, 0.2) is 5.28 Å². The van der Waals surface area contributed by atoms with Crippen LogP contribution in [0, 0.1) is 0 Å². The molecule has 1 aliphatic rings. The summed E-state index contributed by atoms with van der Waals surface area (Å²) in [4.78, 5) is 12.6. The molecule has 160 valence electrons. The molecular formula is C20H21ClNO6PS. The van der Waals surface area contributed by atoms with Gasteiger partial charge in [0.1, 0.15) is 0 Å². The molecule has 0 fully saturated rings. The van der Waals surface area contributed by atoms with E-state index in [4.69, 9.17) is 20.6 Å². The number of benzene rings is 2. The first kappa shape index (κ1) is 22.9. The van der Waals surface area contributed by atoms with Crippen LogP contribution in [0.2, 0.25) is 0 Å². The first-order chi connectivity index (χ1) is 14.2. The number of halogens is 1. The first-order valence-electron chi connectivity index (χ1n) is 9.21. The standard InChI is InChI=1S/C20H21ClNO6PS/c1-3-27-29(24,28-4-2)20(22-30(25,26)15-10-6-5-7-11-15)14-18(21)19(23)16-12-8-9-13-17(16)20/h5-14,22H,3-4H2,1-2H3/t20-/m1/s1. The van der Waals surface area contributed by atoms with Gasteiger partial charge in [0.05, 0.1) is 23.1 Å². The molecular weight excluding hydrogens is 449 g/mol. The van der Waals surface area contributed by atoms with Crippen LogP contribution >= 0.6 is 19.2 Å². The highest BCUT2D eigenvalue weighted by molar-refractivity contribution is 7.90. The number of nitrogens with one attached hydrogen (secondary N) is 1. The highest BCUT2D eigenvalue weighted by Crippen LogP contribution is 2.66. The molecule has 0 amide bonds. The zero-order chi connectivity index (χ0) is 22.0. The summed E-state index contributed by atoms with van der Waals surface area (Å²) in [6.45, 7) is 3.17. The summed E-state index contributed by atoms with van der Waals surface area (Å²) < 4.78 is 54.1. The molecule has 2 aromatic rings. The summed E-state index contributed by atoms with van der Waals surface area (Å²) in [6, 6.07) is 13.8. The number of Topliss-reactive ketones (excluding diaryl/α,β-unsaturated/α-hetero) is 1. The molecule has 7 nitrogen and oxygen atoms in total. The van der Waals surface area contributed by atoms with Crippen LogP contribution in [0.3, 0.4) is 0 Å². The summed E-state index contributed by atoms with van der Waals surface area (Å²) in [7, 11) is -8.46. The minimum Gasteiger partial charge on any atom is -0.307 e. The Morgan fingerprint density at radius 1 is 1.00 bits per heavy atom. The summed E-state index contributed by atoms with van der Waals surface area (Å²) in [5, 5.41) is -2.32. The van der Waals surface area contributed by atoms with Crippen LogP contribution in [-0.4, -0.2) is 27.4 Å². The molecule has 0 saturated heterocycles. The van der Waals surface area contributed by atoms with Gasteiger partial charge in [-0.25, -0.2) is 8.42 Å². The summed E-state index contributed by atoms with van der Waals surface area (Å²) in [5.74, 6) is -0.513. The zero-order valence-corrected chi connectivity index (χ0v) is 18.8. The average Bonchev–Trinajstić information content (AvgIpc) is 2.72. The third kappa shape index (κ3) is 3.91. The molecule has 0 bridgehead atoms. The van der Waals surface area contributed by atoms with E-state index in [2.05, 4.69) is 4.72 Å². The lowest BCUT2D eigenvalue weighted by Crippen LogP contribution is -2.47. The van der Waals surface area contributed by atoms with Crippen LogP contribution in [0.4, 0.5) is 0 Å². The summed E-state index contributed by atoms with van der Waals surface area (Å²) >= 11 is 6.20. The second-order valence-electron chi connectivity index (χ2n) is 6.38. The van der Waals surface area contributed by atoms with Crippen molar-refractivity contribution in [1.29, 1.82) is 0 Å². The molecule has 1 N–H and O–H groups in total. The van der Waals surface area contributed by atoms with Gasteiger partial charge in [0.2, 0.25) is 15.8 Å². The Labute approximate surface area is 180 Å². The van der Waals surface area contributed by atoms with Gasteiger partial charge in [-0.15, -0.1) is 0 Å². The fourth-order valence-electron chi connectivity index (χ4n) is 3.28. The molecule has 0 saturated carbocycles. The Balaban J connectivity index is 2.34. The van der Waals surface area contributed by atoms with Crippen molar-refractivity contribution >= 4 is 35.0 Å². The van der Waals surface area contributed by atoms with Crippen molar-refractivity contribution in [2.24, 2.45) is 0 Å². The topological polar surface area (TPSA) is 98.8 Å². The zero-order valence-electron chi connectivity index (χ0n) is 16.4. The highest BCUT2D eigenvalue weighted by Gasteiger charge is 2.57. The molecule has 1 aliphatic carbocycles. The largest absolute Gasteiger partial charge is 0.360 e. The van der Waals surface area contributed by atoms with E-state index in [0.29, 0.717) is 0 Å². The number of sulfonamides is 1. The van der Waals surface area contributed by atoms with Crippen molar-refractivity contribution in [1.82, 2.24) is 4.72 Å². The molecule has 0 radical (unpaired) electrons. The van der Waals surface area contributed by atoms with Gasteiger partial charge in [-0.3, -0.25) is 9.36 Å². The van der Waals surface area contributed by atoms with Crippen molar-refractivity contribution in [3.8, 4) is 0 Å². The van der Waals surface area contributed by atoms with Crippen LogP contribution in [0.1, 0.15) is 29.8 Å². The minimum absolute atomic E-state index is 0.0202. The van der Waals surface area contributed by atoms with Gasteiger partial charge >= 0.3 is 7.60 Å². The number of carbonyl (C=O) groups is 1. The van der Waals surface area contributed by atoms with E-state index in [1.165, 1.54) is 24.3 Å². The quantitative estimate of drug-likeness (QED) is 0.575. The molecule has 0 aliphatic heterocycles. The first-order valence-corrected chi connectivity index (χ1v) is 12.6. The molecule has 30 heavy (non-hydrogen) atoms. The number of hydrogen-bond acceptors (Lipinski definition) is 6. The van der Waals surface area contributed by atoms with Crippen molar-refractivity contribution in [3.05, 3.63) is 76.8 Å². The maximum Gasteiger partial charge on any atom is 0.360 e. The van der Waals surface area contributed by atoms with E-state index < -0.39 is 28.7 Å². The molecule has 0 spiro atoms. The molecule has 0 heterocycles. The molecule has 1 atom stereocenters. The third-order valence-electron chi connectivity index (χ3n) is 4.51. The number of rotatable bonds is 8. The minimum atomic E-state index is -4.24. The maximum absolute atomic E-state index is 14.0. The Kier molecular flexibility index (Phi) is 6.67. The van der Waals surface area contributed by atoms with Crippen LogP contribution in [0.5, 0.6) is 0 Å². The van der Waals surface area contributed by atoms with E-state index in [-0.39, 0.29) is 34.3 Å². The summed E-state index contributed by atoms with van der Waals surface area (Å²) in [5.41, 5.74) is 0.254. The van der Waals surface area contributed by atoms with Gasteiger partial charge in [0.25, 0.3) is 0 Å². The molecule has 10 heteroatoms. The summed E-state index contributed by atoms with van der Waals surface area (Å²) in [6.07, 6.45) is 1.12. The Morgan fingerprint density at radius 3 is 2.17 bits per heavy atom. The normalized spacial score (nSPS) is 19.3. The highest BCUT2D eigenvalue weighted by atomic mass is 35.5. The average molecular weight is 470 g/mol. The maximum atomic E-state index is 14.0. The predicted molar refractivity (Wildman–Crippen MR) is 114 cm³/mol. The van der Waals surface area contributed by atoms with Crippen molar-refractivity contribution in [2.75, 3.05) is 13.2 Å². The Bertz CT molecular complexity index is 1120. The van der Waals surface area contributed by atoms with Gasteiger partial charge < -0.3 is 9.05 Å². The number of hydrogen-bond donors (Lipinski definition) is 1. The molecule has 3 rings (SSSR count). The van der Waals surface area contributed by atoms with Crippen LogP contribution in [-0.2, 0) is 28.9 Å². The molecule has 0 unspecified atom stereocenters. The van der Waals surface area contributed by atoms with Crippen LogP contribution in [0.15, 0.2) is 70.6 Å². The van der Waals surface area contributed by atoms with E-state index in [1.54, 1.807) is 44.2 Å². The van der Waals surface area contributed by atoms with Crippen LogP contribution < -0.4 is 4.72 Å². The number of fused-ring (bicyclic) bond motifs is 1. The van der Waals surface area contributed by atoms with Gasteiger partial charge in [0, 0.05) is 11.1 Å². The fourth-order valence-corrected chi connectivity index (χ4v) is 7.58. The van der Waals surface area contributed by atoms with Crippen LogP contribution in [0.25, 0.3) is 0 Å². The third-order valence-corrected chi connectivity index (χ3v) is 8.97. The Morgan fingerprint density at radius 2 is 1.57 bits per heavy atom. The lowest BCUT2D eigenvalue weighted by Gasteiger charge is -2.40. The van der Waals surface area contributed by atoms with Crippen molar-refractivity contribution in [2.45, 2.75) is 24.0 Å². The van der Waals surface area contributed by atoms with Gasteiger partial charge in [-0.2, -0.15) is 4.72 Å². The number of carbonyl (C=O) groups excluding carboxylic acids is 1. The second-order valence-corrected chi connectivity index (χ2v) is 10.7. The Hall–Kier alpha value is -1.80.